The van der Waals surface area contributed by atoms with Crippen molar-refractivity contribution < 1.29 is 19.0 Å². The van der Waals surface area contributed by atoms with E-state index in [4.69, 9.17) is 14.2 Å². The summed E-state index contributed by atoms with van der Waals surface area (Å²) >= 11 is 0. The van der Waals surface area contributed by atoms with Gasteiger partial charge in [0.25, 0.3) is 0 Å². The van der Waals surface area contributed by atoms with Crippen molar-refractivity contribution in [3.63, 3.8) is 0 Å². The largest absolute Gasteiger partial charge is 0.486 e. The molecule has 8 nitrogen and oxygen atoms in total. The van der Waals surface area contributed by atoms with Gasteiger partial charge in [-0.25, -0.2) is 4.79 Å². The predicted molar refractivity (Wildman–Crippen MR) is 88.1 cm³/mol. The molecule has 0 spiro atoms. The van der Waals surface area contributed by atoms with Gasteiger partial charge in [0.05, 0.1) is 24.2 Å². The molecule has 0 unspecified atom stereocenters. The zero-order valence-electron chi connectivity index (χ0n) is 13.7. The van der Waals surface area contributed by atoms with Crippen LogP contribution in [0.1, 0.15) is 11.4 Å². The molecule has 0 bridgehead atoms. The Morgan fingerprint density at radius 2 is 1.75 bits per heavy atom. The molecule has 2 aromatic rings. The number of carbonyl (C=O) groups excluding carboxylic acids is 1. The first-order chi connectivity index (χ1) is 11.6. The second-order valence-electron chi connectivity index (χ2n) is 5.19. The quantitative estimate of drug-likeness (QED) is 0.898. The van der Waals surface area contributed by atoms with Crippen molar-refractivity contribution >= 4 is 17.4 Å². The van der Waals surface area contributed by atoms with Gasteiger partial charge in [0, 0.05) is 11.8 Å². The first-order valence-corrected chi connectivity index (χ1v) is 7.43. The number of ether oxygens (including phenoxy) is 3. The molecule has 3 rings (SSSR count). The Hall–Kier alpha value is -3.03. The monoisotopic (exact) mass is 330 g/mol. The normalized spacial score (nSPS) is 12.5. The smallest absolute Gasteiger partial charge is 0.323 e. The van der Waals surface area contributed by atoms with Crippen LogP contribution in [0.2, 0.25) is 0 Å². The summed E-state index contributed by atoms with van der Waals surface area (Å²) in [7, 11) is 1.50. The molecule has 0 saturated heterocycles. The molecule has 2 amide bonds. The standard InChI is InChI=1S/C16H18N4O4/c1-9-14(10(2)18-16(17-9)22-3)20-15(21)19-11-4-5-12-13(8-11)24-7-6-23-12/h4-5,8H,6-7H2,1-3H3,(H2,19,20,21). The number of urea groups is 1. The molecule has 2 heterocycles. The van der Waals surface area contributed by atoms with Crippen molar-refractivity contribution in [3.8, 4) is 17.5 Å². The minimum Gasteiger partial charge on any atom is -0.486 e. The van der Waals surface area contributed by atoms with E-state index < -0.39 is 6.03 Å². The zero-order chi connectivity index (χ0) is 17.1. The van der Waals surface area contributed by atoms with E-state index in [0.717, 1.165) is 0 Å². The van der Waals surface area contributed by atoms with Crippen LogP contribution in [0.15, 0.2) is 18.2 Å². The third kappa shape index (κ3) is 3.32. The lowest BCUT2D eigenvalue weighted by Gasteiger charge is -2.19. The number of methoxy groups -OCH3 is 1. The molecule has 0 radical (unpaired) electrons. The van der Waals surface area contributed by atoms with E-state index in [1.54, 1.807) is 32.0 Å². The highest BCUT2D eigenvalue weighted by Crippen LogP contribution is 2.32. The predicted octanol–water partition coefficient (Wildman–Crippen LogP) is 2.52. The maximum atomic E-state index is 12.2. The highest BCUT2D eigenvalue weighted by molar-refractivity contribution is 6.00. The maximum Gasteiger partial charge on any atom is 0.323 e. The van der Waals surface area contributed by atoms with Gasteiger partial charge in [0.2, 0.25) is 0 Å². The Kier molecular flexibility index (Phi) is 4.37. The van der Waals surface area contributed by atoms with Crippen LogP contribution in [-0.2, 0) is 0 Å². The van der Waals surface area contributed by atoms with E-state index in [-0.39, 0.29) is 6.01 Å². The average molecular weight is 330 g/mol. The molecule has 8 heteroatoms. The summed E-state index contributed by atoms with van der Waals surface area (Å²) in [5, 5.41) is 5.51. The number of aromatic nitrogens is 2. The van der Waals surface area contributed by atoms with Crippen LogP contribution >= 0.6 is 0 Å². The zero-order valence-corrected chi connectivity index (χ0v) is 13.7. The molecule has 2 N–H and O–H groups in total. The van der Waals surface area contributed by atoms with Gasteiger partial charge in [-0.3, -0.25) is 0 Å². The minimum absolute atomic E-state index is 0.266. The molecule has 1 aliphatic heterocycles. The Morgan fingerprint density at radius 1 is 1.08 bits per heavy atom. The van der Waals surface area contributed by atoms with E-state index in [1.807, 2.05) is 0 Å². The third-order valence-electron chi connectivity index (χ3n) is 3.47. The number of carbonyl (C=O) groups is 1. The van der Waals surface area contributed by atoms with Crippen LogP contribution in [0.5, 0.6) is 17.5 Å². The molecule has 0 aliphatic carbocycles. The number of rotatable bonds is 3. The Bertz CT molecular complexity index is 756. The van der Waals surface area contributed by atoms with E-state index in [9.17, 15) is 4.79 Å². The molecule has 0 saturated carbocycles. The number of hydrogen-bond acceptors (Lipinski definition) is 6. The van der Waals surface area contributed by atoms with Crippen molar-refractivity contribution in [2.24, 2.45) is 0 Å². The number of nitrogens with zero attached hydrogens (tertiary/aromatic N) is 2. The van der Waals surface area contributed by atoms with Gasteiger partial charge in [-0.05, 0) is 26.0 Å². The second-order valence-corrected chi connectivity index (χ2v) is 5.19. The number of fused-ring (bicyclic) bond motifs is 1. The summed E-state index contributed by atoms with van der Waals surface area (Å²) in [6, 6.07) is 5.10. The lowest BCUT2D eigenvalue weighted by Crippen LogP contribution is -2.22. The molecule has 126 valence electrons. The minimum atomic E-state index is -0.397. The lowest BCUT2D eigenvalue weighted by molar-refractivity contribution is 0.171. The fourth-order valence-corrected chi connectivity index (χ4v) is 2.35. The lowest BCUT2D eigenvalue weighted by atomic mass is 10.2. The van der Waals surface area contributed by atoms with Crippen molar-refractivity contribution in [2.45, 2.75) is 13.8 Å². The fourth-order valence-electron chi connectivity index (χ4n) is 2.35. The van der Waals surface area contributed by atoms with Gasteiger partial charge >= 0.3 is 12.0 Å². The number of benzene rings is 1. The average Bonchev–Trinajstić information content (AvgIpc) is 2.57. The summed E-state index contributed by atoms with van der Waals surface area (Å²) in [6.07, 6.45) is 0. The number of hydrogen-bond donors (Lipinski definition) is 2. The summed E-state index contributed by atoms with van der Waals surface area (Å²) < 4.78 is 16.0. The van der Waals surface area contributed by atoms with E-state index in [2.05, 4.69) is 20.6 Å². The van der Waals surface area contributed by atoms with Crippen LogP contribution in [-0.4, -0.2) is 36.3 Å². The first-order valence-electron chi connectivity index (χ1n) is 7.43. The second kappa shape index (κ2) is 6.61. The number of amides is 2. The van der Waals surface area contributed by atoms with Gasteiger partial charge in [0.15, 0.2) is 11.5 Å². The number of nitrogens with one attached hydrogen (secondary N) is 2. The molecule has 1 aliphatic rings. The van der Waals surface area contributed by atoms with Crippen LogP contribution < -0.4 is 24.8 Å². The highest BCUT2D eigenvalue weighted by Gasteiger charge is 2.15. The molecular weight excluding hydrogens is 312 g/mol. The fraction of sp³-hybridized carbons (Fsp3) is 0.312. The first kappa shape index (κ1) is 15.9. The Balaban J connectivity index is 1.72. The molecule has 0 fully saturated rings. The summed E-state index contributed by atoms with van der Waals surface area (Å²) in [5.41, 5.74) is 2.39. The summed E-state index contributed by atoms with van der Waals surface area (Å²) in [5.74, 6) is 1.28. The Labute approximate surface area is 139 Å². The van der Waals surface area contributed by atoms with Gasteiger partial charge in [-0.1, -0.05) is 0 Å². The summed E-state index contributed by atoms with van der Waals surface area (Å²) in [6.45, 7) is 4.56. The molecule has 0 atom stereocenters. The van der Waals surface area contributed by atoms with Gasteiger partial charge in [-0.15, -0.1) is 0 Å². The van der Waals surface area contributed by atoms with Gasteiger partial charge < -0.3 is 24.8 Å². The van der Waals surface area contributed by atoms with Crippen molar-refractivity contribution in [1.29, 1.82) is 0 Å². The van der Waals surface area contributed by atoms with Gasteiger partial charge in [0.1, 0.15) is 13.2 Å². The van der Waals surface area contributed by atoms with Crippen LogP contribution in [0, 0.1) is 13.8 Å². The molecular formula is C16H18N4O4. The molecule has 24 heavy (non-hydrogen) atoms. The van der Waals surface area contributed by atoms with Crippen molar-refractivity contribution in [1.82, 2.24) is 9.97 Å². The topological polar surface area (TPSA) is 94.6 Å². The van der Waals surface area contributed by atoms with E-state index in [1.165, 1.54) is 7.11 Å². The van der Waals surface area contributed by atoms with Crippen molar-refractivity contribution in [2.75, 3.05) is 31.0 Å². The number of aryl methyl sites for hydroxylation is 2. The van der Waals surface area contributed by atoms with Crippen LogP contribution in [0.25, 0.3) is 0 Å². The third-order valence-corrected chi connectivity index (χ3v) is 3.47. The maximum absolute atomic E-state index is 12.2. The summed E-state index contributed by atoms with van der Waals surface area (Å²) in [4.78, 5) is 20.5. The van der Waals surface area contributed by atoms with Crippen LogP contribution in [0.4, 0.5) is 16.2 Å². The highest BCUT2D eigenvalue weighted by atomic mass is 16.6. The van der Waals surface area contributed by atoms with Gasteiger partial charge in [-0.2, -0.15) is 9.97 Å². The Morgan fingerprint density at radius 3 is 2.42 bits per heavy atom. The van der Waals surface area contributed by atoms with Crippen LogP contribution in [0.3, 0.4) is 0 Å². The van der Waals surface area contributed by atoms with Crippen molar-refractivity contribution in [3.05, 3.63) is 29.6 Å². The molecule has 1 aromatic carbocycles. The number of anilines is 2. The molecule has 1 aromatic heterocycles. The SMILES string of the molecule is COc1nc(C)c(NC(=O)Nc2ccc3c(c2)OCCO3)c(C)n1. The van der Waals surface area contributed by atoms with E-state index in [0.29, 0.717) is 47.5 Å². The van der Waals surface area contributed by atoms with E-state index >= 15 is 0 Å².